The number of aromatic nitrogens is 1. The summed E-state index contributed by atoms with van der Waals surface area (Å²) < 4.78 is 6.39. The van der Waals surface area contributed by atoms with E-state index in [4.69, 9.17) is 16.3 Å². The van der Waals surface area contributed by atoms with E-state index in [9.17, 15) is 4.79 Å². The van der Waals surface area contributed by atoms with Crippen LogP contribution in [0.2, 0.25) is 5.02 Å². The molecule has 1 aromatic carbocycles. The molecule has 0 saturated carbocycles. The molecular formula is C23H28ClN3O2. The van der Waals surface area contributed by atoms with Crippen LogP contribution in [0.1, 0.15) is 41.6 Å². The molecule has 4 rings (SSSR count). The molecule has 2 saturated heterocycles. The van der Waals surface area contributed by atoms with Crippen LogP contribution < -0.4 is 0 Å². The van der Waals surface area contributed by atoms with Crippen molar-refractivity contribution in [1.82, 2.24) is 14.8 Å². The summed E-state index contributed by atoms with van der Waals surface area (Å²) in [5, 5.41) is 0.522. The van der Waals surface area contributed by atoms with Gasteiger partial charge in [0.15, 0.2) is 0 Å². The number of piperidine rings is 2. The Labute approximate surface area is 177 Å². The van der Waals surface area contributed by atoms with Gasteiger partial charge in [0, 0.05) is 45.1 Å². The van der Waals surface area contributed by atoms with E-state index in [1.165, 1.54) is 5.56 Å². The van der Waals surface area contributed by atoms with Gasteiger partial charge >= 0.3 is 0 Å². The lowest BCUT2D eigenvalue weighted by atomic mass is 10.0. The van der Waals surface area contributed by atoms with Gasteiger partial charge in [-0.3, -0.25) is 14.7 Å². The number of hydrogen-bond acceptors (Lipinski definition) is 4. The minimum atomic E-state index is 0.0257. The molecular weight excluding hydrogens is 386 g/mol. The van der Waals surface area contributed by atoms with Gasteiger partial charge in [0.2, 0.25) is 0 Å². The molecule has 0 radical (unpaired) electrons. The molecule has 1 aromatic heterocycles. The number of likely N-dealkylation sites (tertiary alicyclic amines) is 2. The number of pyridine rings is 1. The zero-order chi connectivity index (χ0) is 20.1. The van der Waals surface area contributed by atoms with Crippen LogP contribution in [-0.4, -0.2) is 59.1 Å². The van der Waals surface area contributed by atoms with E-state index in [0.717, 1.165) is 58.4 Å². The van der Waals surface area contributed by atoms with E-state index in [2.05, 4.69) is 16.0 Å². The molecule has 2 aliphatic heterocycles. The fourth-order valence-corrected chi connectivity index (χ4v) is 4.44. The molecule has 6 heteroatoms. The fourth-order valence-electron chi connectivity index (χ4n) is 4.23. The Kier molecular flexibility index (Phi) is 6.80. The van der Waals surface area contributed by atoms with Crippen LogP contribution in [0, 0.1) is 0 Å². The van der Waals surface area contributed by atoms with E-state index in [1.807, 2.05) is 35.5 Å². The first-order valence-corrected chi connectivity index (χ1v) is 10.9. The Hall–Kier alpha value is -1.95. The molecule has 0 atom stereocenters. The molecule has 1 amide bonds. The summed E-state index contributed by atoms with van der Waals surface area (Å²) in [7, 11) is 0. The normalized spacial score (nSPS) is 19.4. The number of rotatable bonds is 5. The van der Waals surface area contributed by atoms with Crippen molar-refractivity contribution in [2.45, 2.75) is 44.4 Å². The third-order valence-electron chi connectivity index (χ3n) is 5.88. The molecule has 0 aliphatic carbocycles. The average Bonchev–Trinajstić information content (AvgIpc) is 2.76. The number of carbonyl (C=O) groups is 1. The van der Waals surface area contributed by atoms with Gasteiger partial charge in [-0.15, -0.1) is 0 Å². The standard InChI is InChI=1S/C23H28ClN3O2/c24-22-6-2-1-5-21(22)23(28)27-14-9-20(10-15-27)29-19-7-12-26(13-8-19)17-18-4-3-11-25-16-18/h1-6,11,16,19-20H,7-10,12-15,17H2. The zero-order valence-electron chi connectivity index (χ0n) is 16.7. The average molecular weight is 414 g/mol. The third kappa shape index (κ3) is 5.35. The summed E-state index contributed by atoms with van der Waals surface area (Å²) in [6, 6.07) is 11.4. The molecule has 29 heavy (non-hydrogen) atoms. The molecule has 0 bridgehead atoms. The first kappa shape index (κ1) is 20.3. The lowest BCUT2D eigenvalue weighted by molar-refractivity contribution is -0.0629. The van der Waals surface area contributed by atoms with Crippen molar-refractivity contribution in [3.05, 3.63) is 64.9 Å². The molecule has 0 N–H and O–H groups in total. The number of carbonyl (C=O) groups excluding carboxylic acids is 1. The summed E-state index contributed by atoms with van der Waals surface area (Å²) in [6.45, 7) is 4.54. The Morgan fingerprint density at radius 2 is 1.69 bits per heavy atom. The number of ether oxygens (including phenoxy) is 1. The second kappa shape index (κ2) is 9.70. The largest absolute Gasteiger partial charge is 0.375 e. The predicted octanol–water partition coefficient (Wildman–Crippen LogP) is 4.02. The maximum Gasteiger partial charge on any atom is 0.255 e. The predicted molar refractivity (Wildman–Crippen MR) is 114 cm³/mol. The van der Waals surface area contributed by atoms with Crippen LogP contribution >= 0.6 is 11.6 Å². The number of benzene rings is 1. The highest BCUT2D eigenvalue weighted by Crippen LogP contribution is 2.24. The monoisotopic (exact) mass is 413 g/mol. The van der Waals surface area contributed by atoms with Crippen molar-refractivity contribution in [2.75, 3.05) is 26.2 Å². The molecule has 154 valence electrons. The van der Waals surface area contributed by atoms with Crippen molar-refractivity contribution in [3.8, 4) is 0 Å². The van der Waals surface area contributed by atoms with Crippen LogP contribution in [0.15, 0.2) is 48.8 Å². The smallest absolute Gasteiger partial charge is 0.255 e. The van der Waals surface area contributed by atoms with Crippen molar-refractivity contribution >= 4 is 17.5 Å². The minimum absolute atomic E-state index is 0.0257. The number of amides is 1. The minimum Gasteiger partial charge on any atom is -0.375 e. The Morgan fingerprint density at radius 1 is 1.00 bits per heavy atom. The lowest BCUT2D eigenvalue weighted by Gasteiger charge is -2.37. The van der Waals surface area contributed by atoms with Gasteiger partial charge in [-0.1, -0.05) is 29.8 Å². The zero-order valence-corrected chi connectivity index (χ0v) is 17.4. The number of hydrogen-bond donors (Lipinski definition) is 0. The molecule has 2 aromatic rings. The summed E-state index contributed by atoms with van der Waals surface area (Å²) >= 11 is 6.18. The summed E-state index contributed by atoms with van der Waals surface area (Å²) in [5.74, 6) is 0.0257. The second-order valence-electron chi connectivity index (χ2n) is 7.94. The topological polar surface area (TPSA) is 45.7 Å². The van der Waals surface area contributed by atoms with Crippen molar-refractivity contribution in [2.24, 2.45) is 0 Å². The quantitative estimate of drug-likeness (QED) is 0.742. The molecule has 2 fully saturated rings. The summed E-state index contributed by atoms with van der Waals surface area (Å²) in [6.07, 6.45) is 8.27. The van der Waals surface area contributed by atoms with E-state index in [-0.39, 0.29) is 12.0 Å². The van der Waals surface area contributed by atoms with E-state index < -0.39 is 0 Å². The van der Waals surface area contributed by atoms with E-state index in [1.54, 1.807) is 12.1 Å². The highest BCUT2D eigenvalue weighted by atomic mass is 35.5. The van der Waals surface area contributed by atoms with E-state index >= 15 is 0 Å². The number of halogens is 1. The molecule has 0 spiro atoms. The molecule has 2 aliphatic rings. The van der Waals surface area contributed by atoms with Crippen LogP contribution in [0.4, 0.5) is 0 Å². The van der Waals surface area contributed by atoms with Gasteiger partial charge in [-0.2, -0.15) is 0 Å². The molecule has 0 unspecified atom stereocenters. The molecule has 3 heterocycles. The van der Waals surface area contributed by atoms with E-state index in [0.29, 0.717) is 16.7 Å². The van der Waals surface area contributed by atoms with Gasteiger partial charge in [-0.25, -0.2) is 0 Å². The van der Waals surface area contributed by atoms with Gasteiger partial charge < -0.3 is 9.64 Å². The first-order valence-electron chi connectivity index (χ1n) is 10.5. The summed E-state index contributed by atoms with van der Waals surface area (Å²) in [5.41, 5.74) is 1.86. The maximum absolute atomic E-state index is 12.7. The summed E-state index contributed by atoms with van der Waals surface area (Å²) in [4.78, 5) is 21.3. The van der Waals surface area contributed by atoms with Crippen LogP contribution in [-0.2, 0) is 11.3 Å². The van der Waals surface area contributed by atoms with Gasteiger partial charge in [-0.05, 0) is 49.4 Å². The number of nitrogens with zero attached hydrogens (tertiary/aromatic N) is 3. The van der Waals surface area contributed by atoms with Crippen molar-refractivity contribution < 1.29 is 9.53 Å². The van der Waals surface area contributed by atoms with Crippen LogP contribution in [0.5, 0.6) is 0 Å². The highest BCUT2D eigenvalue weighted by molar-refractivity contribution is 6.33. The second-order valence-corrected chi connectivity index (χ2v) is 8.35. The third-order valence-corrected chi connectivity index (χ3v) is 6.21. The fraction of sp³-hybridized carbons (Fsp3) is 0.478. The Bertz CT molecular complexity index is 801. The Balaban J connectivity index is 1.20. The van der Waals surface area contributed by atoms with Gasteiger partial charge in [0.1, 0.15) is 0 Å². The maximum atomic E-state index is 12.7. The molecule has 5 nitrogen and oxygen atoms in total. The van der Waals surface area contributed by atoms with Crippen molar-refractivity contribution in [3.63, 3.8) is 0 Å². The SMILES string of the molecule is O=C(c1ccccc1Cl)N1CCC(OC2CCN(Cc3cccnc3)CC2)CC1. The first-order chi connectivity index (χ1) is 14.2. The van der Waals surface area contributed by atoms with Crippen LogP contribution in [0.25, 0.3) is 0 Å². The highest BCUT2D eigenvalue weighted by Gasteiger charge is 2.28. The van der Waals surface area contributed by atoms with Crippen LogP contribution in [0.3, 0.4) is 0 Å². The van der Waals surface area contributed by atoms with Crippen molar-refractivity contribution in [1.29, 1.82) is 0 Å². The van der Waals surface area contributed by atoms with Gasteiger partial charge in [0.05, 0.1) is 22.8 Å². The van der Waals surface area contributed by atoms with Gasteiger partial charge in [0.25, 0.3) is 5.91 Å². The Morgan fingerprint density at radius 3 is 2.34 bits per heavy atom. The lowest BCUT2D eigenvalue weighted by Crippen LogP contribution is -2.43.